The van der Waals surface area contributed by atoms with E-state index in [-0.39, 0.29) is 17.6 Å². The molecule has 6 nitrogen and oxygen atoms in total. The predicted octanol–water partition coefficient (Wildman–Crippen LogP) is 7.78. The minimum atomic E-state index is -0.0548. The van der Waals surface area contributed by atoms with Crippen molar-refractivity contribution in [2.45, 2.75) is 64.2 Å². The molecule has 2 aromatic carbocycles. The van der Waals surface area contributed by atoms with Gasteiger partial charge < -0.3 is 9.64 Å². The summed E-state index contributed by atoms with van der Waals surface area (Å²) in [5.74, 6) is 0. The van der Waals surface area contributed by atoms with E-state index < -0.39 is 0 Å². The van der Waals surface area contributed by atoms with Gasteiger partial charge in [-0.25, -0.2) is 0 Å². The van der Waals surface area contributed by atoms with Gasteiger partial charge in [0.2, 0.25) is 5.69 Å². The lowest BCUT2D eigenvalue weighted by Crippen LogP contribution is -2.28. The van der Waals surface area contributed by atoms with Gasteiger partial charge in [0.25, 0.3) is 0 Å². The van der Waals surface area contributed by atoms with E-state index in [1.54, 1.807) is 0 Å². The van der Waals surface area contributed by atoms with E-state index in [2.05, 4.69) is 121 Å². The molecular weight excluding hydrogens is 458 g/mol. The van der Waals surface area contributed by atoms with Crippen molar-refractivity contribution in [3.63, 3.8) is 0 Å². The van der Waals surface area contributed by atoms with E-state index in [4.69, 9.17) is 10.3 Å². The number of hydrogen-bond donors (Lipinski definition) is 0. The average Bonchev–Trinajstić information content (AvgIpc) is 3.22. The lowest BCUT2D eigenvalue weighted by Gasteiger charge is -2.23. The van der Waals surface area contributed by atoms with Crippen molar-refractivity contribution in [3.05, 3.63) is 94.0 Å². The summed E-state index contributed by atoms with van der Waals surface area (Å²) in [4.78, 5) is 5.04. The van der Waals surface area contributed by atoms with Crippen LogP contribution in [0.25, 0.3) is 10.4 Å². The van der Waals surface area contributed by atoms with Gasteiger partial charge in [-0.15, -0.1) is 0 Å². The van der Waals surface area contributed by atoms with Crippen molar-refractivity contribution >= 4 is 17.1 Å². The van der Waals surface area contributed by atoms with Crippen LogP contribution in [0.2, 0.25) is 0 Å². The van der Waals surface area contributed by atoms with Gasteiger partial charge >= 0.3 is 0 Å². The molecule has 2 aliphatic heterocycles. The molecule has 0 saturated carbocycles. The molecule has 0 amide bonds. The number of benzene rings is 2. The van der Waals surface area contributed by atoms with E-state index in [0.29, 0.717) is 6.61 Å². The number of unbranched alkanes of at least 4 members (excludes halogenated alkanes) is 3. The standard InChI is InChI=1S/C31H40N5O/c1-30(2)24-15-8-10-17-26(24)35(5)28(30)19-14-20-29-31(3,4)25-16-9-11-18-27(25)36(29)21-12-6-7-13-22-37-23-33-34-32/h8-11,14-20H,6-7,12-13,21-23H2,1-5H3/q+1. The molecule has 2 aliphatic rings. The van der Waals surface area contributed by atoms with E-state index in [0.717, 1.165) is 32.2 Å². The fraction of sp³-hybridized carbons (Fsp3) is 0.452. The SMILES string of the molecule is CN1/C(=C/C=C/C2=[N+](CCCCCCOCN=[N+]=[N-])c3ccccc3C2(C)C)C(C)(C)c2ccccc21. The third-order valence-electron chi connectivity index (χ3n) is 7.88. The topological polar surface area (TPSA) is 64.2 Å². The number of nitrogens with zero attached hydrogens (tertiary/aromatic N) is 5. The second-order valence-corrected chi connectivity index (χ2v) is 11.0. The Hall–Kier alpha value is -3.34. The van der Waals surface area contributed by atoms with Crippen LogP contribution in [0.4, 0.5) is 11.4 Å². The molecule has 0 aliphatic carbocycles. The maximum atomic E-state index is 8.31. The van der Waals surface area contributed by atoms with E-state index in [1.807, 2.05) is 0 Å². The molecular formula is C31H40N5O+. The summed E-state index contributed by atoms with van der Waals surface area (Å²) in [6, 6.07) is 17.5. The zero-order valence-corrected chi connectivity index (χ0v) is 22.9. The van der Waals surface area contributed by atoms with Crippen LogP contribution in [-0.4, -0.2) is 37.2 Å². The Morgan fingerprint density at radius 3 is 2.41 bits per heavy atom. The second kappa shape index (κ2) is 11.4. The van der Waals surface area contributed by atoms with Crippen LogP contribution in [0.15, 0.2) is 77.6 Å². The van der Waals surface area contributed by atoms with Crippen molar-refractivity contribution in [1.29, 1.82) is 0 Å². The first kappa shape index (κ1) is 26.7. The maximum Gasteiger partial charge on any atom is 0.209 e. The number of ether oxygens (including phenoxy) is 1. The molecule has 0 bridgehead atoms. The Balaban J connectivity index is 1.51. The van der Waals surface area contributed by atoms with Crippen molar-refractivity contribution in [1.82, 2.24) is 0 Å². The molecule has 0 fully saturated rings. The van der Waals surface area contributed by atoms with Gasteiger partial charge in [-0.05, 0) is 49.9 Å². The van der Waals surface area contributed by atoms with Gasteiger partial charge in [-0.1, -0.05) is 67.9 Å². The molecule has 0 saturated heterocycles. The lowest BCUT2D eigenvalue weighted by atomic mass is 9.81. The molecule has 0 spiro atoms. The van der Waals surface area contributed by atoms with Crippen LogP contribution < -0.4 is 4.90 Å². The van der Waals surface area contributed by atoms with Crippen molar-refractivity contribution in [2.24, 2.45) is 5.11 Å². The molecule has 0 aromatic heterocycles. The van der Waals surface area contributed by atoms with Crippen molar-refractivity contribution in [2.75, 3.05) is 31.8 Å². The van der Waals surface area contributed by atoms with Gasteiger partial charge in [0, 0.05) is 59.5 Å². The first-order valence-corrected chi connectivity index (χ1v) is 13.4. The highest BCUT2D eigenvalue weighted by Gasteiger charge is 2.44. The Morgan fingerprint density at radius 1 is 0.946 bits per heavy atom. The average molecular weight is 499 g/mol. The van der Waals surface area contributed by atoms with Crippen LogP contribution in [-0.2, 0) is 15.6 Å². The highest BCUT2D eigenvalue weighted by atomic mass is 16.5. The Morgan fingerprint density at radius 2 is 1.65 bits per heavy atom. The van der Waals surface area contributed by atoms with E-state index in [1.165, 1.54) is 33.9 Å². The fourth-order valence-corrected chi connectivity index (χ4v) is 5.87. The van der Waals surface area contributed by atoms with E-state index >= 15 is 0 Å². The highest BCUT2D eigenvalue weighted by molar-refractivity contribution is 6.03. The smallest absolute Gasteiger partial charge is 0.209 e. The summed E-state index contributed by atoms with van der Waals surface area (Å²) >= 11 is 0. The van der Waals surface area contributed by atoms with Crippen molar-refractivity contribution in [3.8, 4) is 0 Å². The first-order valence-electron chi connectivity index (χ1n) is 13.4. The lowest BCUT2D eigenvalue weighted by molar-refractivity contribution is -0.438. The Bertz CT molecular complexity index is 1260. The van der Waals surface area contributed by atoms with Gasteiger partial charge in [-0.3, -0.25) is 0 Å². The molecule has 0 N–H and O–H groups in total. The van der Waals surface area contributed by atoms with Gasteiger partial charge in [-0.2, -0.15) is 4.58 Å². The molecule has 2 heterocycles. The Kier molecular flexibility index (Phi) is 8.21. The monoisotopic (exact) mass is 498 g/mol. The van der Waals surface area contributed by atoms with Crippen LogP contribution in [0, 0.1) is 0 Å². The fourth-order valence-electron chi connectivity index (χ4n) is 5.87. The second-order valence-electron chi connectivity index (χ2n) is 11.0. The van der Waals surface area contributed by atoms with E-state index in [9.17, 15) is 0 Å². The summed E-state index contributed by atoms with van der Waals surface area (Å²) in [6.07, 6.45) is 11.2. The van der Waals surface area contributed by atoms with Gasteiger partial charge in [0.05, 0.1) is 5.41 Å². The summed E-state index contributed by atoms with van der Waals surface area (Å²) < 4.78 is 7.84. The van der Waals surface area contributed by atoms with Crippen LogP contribution in [0.5, 0.6) is 0 Å². The minimum Gasteiger partial charge on any atom is -0.375 e. The molecule has 0 atom stereocenters. The zero-order valence-electron chi connectivity index (χ0n) is 22.9. The maximum absolute atomic E-state index is 8.31. The molecule has 6 heteroatoms. The number of para-hydroxylation sites is 2. The number of anilines is 1. The molecule has 194 valence electrons. The summed E-state index contributed by atoms with van der Waals surface area (Å²) in [5, 5.41) is 3.41. The molecule has 4 rings (SSSR count). The predicted molar refractivity (Wildman–Crippen MR) is 153 cm³/mol. The number of azide groups is 1. The third kappa shape index (κ3) is 5.36. The molecule has 0 unspecified atom stereocenters. The summed E-state index contributed by atoms with van der Waals surface area (Å²) in [6.45, 7) is 11.0. The van der Waals surface area contributed by atoms with Gasteiger partial charge in [0.15, 0.2) is 5.71 Å². The largest absolute Gasteiger partial charge is 0.375 e. The highest BCUT2D eigenvalue weighted by Crippen LogP contribution is 2.46. The minimum absolute atomic E-state index is 0.0289. The quantitative estimate of drug-likeness (QED) is 0.104. The normalized spacial score (nSPS) is 18.4. The van der Waals surface area contributed by atoms with Crippen LogP contribution in [0.3, 0.4) is 0 Å². The summed E-state index contributed by atoms with van der Waals surface area (Å²) in [7, 11) is 2.17. The number of likely N-dealkylation sites (N-methyl/N-ethyl adjacent to an activating group) is 1. The summed E-state index contributed by atoms with van der Waals surface area (Å²) in [5.41, 5.74) is 16.3. The van der Waals surface area contributed by atoms with Crippen LogP contribution in [0.1, 0.15) is 64.5 Å². The number of rotatable bonds is 11. The molecule has 2 aromatic rings. The van der Waals surface area contributed by atoms with Gasteiger partial charge in [0.1, 0.15) is 13.3 Å². The Labute approximate surface area is 221 Å². The molecule has 0 radical (unpaired) electrons. The number of hydrogen-bond acceptors (Lipinski definition) is 3. The van der Waals surface area contributed by atoms with Crippen molar-refractivity contribution < 1.29 is 9.31 Å². The first-order chi connectivity index (χ1) is 17.8. The van der Waals surface area contributed by atoms with Crippen LogP contribution >= 0.6 is 0 Å². The number of allylic oxidation sites excluding steroid dienone is 4. The zero-order chi connectivity index (χ0) is 26.5. The molecule has 37 heavy (non-hydrogen) atoms. The number of fused-ring (bicyclic) bond motifs is 2. The third-order valence-corrected chi connectivity index (χ3v) is 7.88.